The molecule has 0 amide bonds. The molecule has 3 aromatic rings. The number of benzene rings is 2. The van der Waals surface area contributed by atoms with Crippen LogP contribution in [0.2, 0.25) is 0 Å². The van der Waals surface area contributed by atoms with E-state index in [0.717, 1.165) is 70.0 Å². The lowest BCUT2D eigenvalue weighted by Gasteiger charge is -2.30. The average Bonchev–Trinajstić information content (AvgIpc) is 3.35. The van der Waals surface area contributed by atoms with Crippen molar-refractivity contribution in [2.24, 2.45) is 0 Å². The molecule has 2 atom stereocenters. The Morgan fingerprint density at radius 2 is 1.90 bits per heavy atom. The van der Waals surface area contributed by atoms with Crippen LogP contribution >= 0.6 is 15.9 Å². The SMILES string of the molecule is CCOC(=O)CC(c1ccc(C)c([C@@H](C)N2CC=C(O)OS2(=O)=O)c1)c1ccc2c(nnn2CCCCCCBr)c1C. The number of aromatic nitrogens is 3. The molecule has 0 aliphatic carbocycles. The first-order valence-corrected chi connectivity index (χ1v) is 16.8. The molecule has 0 radical (unpaired) electrons. The molecule has 228 valence electrons. The van der Waals surface area contributed by atoms with Gasteiger partial charge in [0.2, 0.25) is 0 Å². The Hall–Kier alpha value is -2.96. The van der Waals surface area contributed by atoms with Crippen LogP contribution in [-0.4, -0.2) is 57.3 Å². The Labute approximate surface area is 256 Å². The van der Waals surface area contributed by atoms with Gasteiger partial charge < -0.3 is 14.0 Å². The van der Waals surface area contributed by atoms with E-state index in [1.165, 1.54) is 16.8 Å². The minimum Gasteiger partial charge on any atom is -0.480 e. The third-order valence-corrected chi connectivity index (χ3v) is 9.78. The van der Waals surface area contributed by atoms with Gasteiger partial charge in [0, 0.05) is 30.4 Å². The van der Waals surface area contributed by atoms with Crippen LogP contribution in [0, 0.1) is 13.8 Å². The van der Waals surface area contributed by atoms with E-state index >= 15 is 0 Å². The first-order valence-electron chi connectivity index (χ1n) is 14.3. The van der Waals surface area contributed by atoms with Crippen LogP contribution in [0.3, 0.4) is 0 Å². The highest BCUT2D eigenvalue weighted by molar-refractivity contribution is 9.09. The summed E-state index contributed by atoms with van der Waals surface area (Å²) in [5.74, 6) is -1.31. The largest absolute Gasteiger partial charge is 0.480 e. The fraction of sp³-hybridized carbons (Fsp3) is 0.500. The third-order valence-electron chi connectivity index (χ3n) is 7.80. The van der Waals surface area contributed by atoms with E-state index in [4.69, 9.17) is 8.92 Å². The molecule has 1 aromatic heterocycles. The van der Waals surface area contributed by atoms with Crippen molar-refractivity contribution in [3.63, 3.8) is 0 Å². The maximum atomic E-state index is 12.8. The first-order chi connectivity index (χ1) is 20.1. The van der Waals surface area contributed by atoms with Gasteiger partial charge in [-0.25, -0.2) is 4.68 Å². The van der Waals surface area contributed by atoms with Gasteiger partial charge in [0.1, 0.15) is 5.52 Å². The number of unbranched alkanes of at least 4 members (excludes halogenated alkanes) is 3. The number of carbonyl (C=O) groups excluding carboxylic acids is 1. The summed E-state index contributed by atoms with van der Waals surface area (Å²) in [6.07, 6.45) is 5.90. The zero-order valence-electron chi connectivity index (χ0n) is 24.5. The second-order valence-electron chi connectivity index (χ2n) is 10.6. The van der Waals surface area contributed by atoms with E-state index in [2.05, 4.69) is 26.2 Å². The molecule has 0 spiro atoms. The molecular weight excluding hydrogens is 624 g/mol. The smallest absolute Gasteiger partial charge is 0.388 e. The van der Waals surface area contributed by atoms with Crippen LogP contribution in [0.1, 0.15) is 85.7 Å². The molecule has 2 aromatic carbocycles. The monoisotopic (exact) mass is 662 g/mol. The summed E-state index contributed by atoms with van der Waals surface area (Å²) in [4.78, 5) is 12.8. The van der Waals surface area contributed by atoms with Crippen molar-refractivity contribution in [3.05, 3.63) is 70.2 Å². The molecule has 0 fully saturated rings. The van der Waals surface area contributed by atoms with Gasteiger partial charge in [-0.2, -0.15) is 12.7 Å². The summed E-state index contributed by atoms with van der Waals surface area (Å²) in [6, 6.07) is 9.32. The zero-order valence-corrected chi connectivity index (χ0v) is 26.9. The Bertz CT molecular complexity index is 1550. The molecule has 0 saturated heterocycles. The molecule has 42 heavy (non-hydrogen) atoms. The number of halogens is 1. The first kappa shape index (κ1) is 32.0. The number of aliphatic hydroxyl groups is 1. The number of aliphatic hydroxyl groups excluding tert-OH is 1. The number of carbonyl (C=O) groups is 1. The van der Waals surface area contributed by atoms with Gasteiger partial charge in [0.15, 0.2) is 0 Å². The second-order valence-corrected chi connectivity index (χ2v) is 12.9. The van der Waals surface area contributed by atoms with Crippen molar-refractivity contribution in [1.29, 1.82) is 0 Å². The molecule has 1 aliphatic heterocycles. The van der Waals surface area contributed by atoms with Crippen molar-refractivity contribution in [2.45, 2.75) is 78.3 Å². The predicted octanol–water partition coefficient (Wildman–Crippen LogP) is 6.13. The Kier molecular flexibility index (Phi) is 10.7. The van der Waals surface area contributed by atoms with Gasteiger partial charge in [-0.15, -0.1) is 5.10 Å². The van der Waals surface area contributed by atoms with Crippen molar-refractivity contribution < 1.29 is 27.2 Å². The van der Waals surface area contributed by atoms with Gasteiger partial charge in [0.25, 0.3) is 5.95 Å². The summed E-state index contributed by atoms with van der Waals surface area (Å²) < 4.78 is 38.6. The molecule has 2 heterocycles. The van der Waals surface area contributed by atoms with Gasteiger partial charge in [-0.3, -0.25) is 4.79 Å². The molecule has 1 aliphatic rings. The summed E-state index contributed by atoms with van der Waals surface area (Å²) in [6.45, 7) is 8.51. The molecule has 10 nitrogen and oxygen atoms in total. The Balaban J connectivity index is 1.70. The molecule has 0 bridgehead atoms. The summed E-state index contributed by atoms with van der Waals surface area (Å²) in [5, 5.41) is 19.5. The van der Waals surface area contributed by atoms with Crippen molar-refractivity contribution in [2.75, 3.05) is 18.5 Å². The fourth-order valence-corrected chi connectivity index (χ4v) is 7.04. The highest BCUT2D eigenvalue weighted by Crippen LogP contribution is 2.37. The number of hydrogen-bond acceptors (Lipinski definition) is 8. The van der Waals surface area contributed by atoms with E-state index in [1.807, 2.05) is 48.9 Å². The lowest BCUT2D eigenvalue weighted by Crippen LogP contribution is -2.38. The van der Waals surface area contributed by atoms with Crippen LogP contribution in [-0.2, 0) is 30.6 Å². The highest BCUT2D eigenvalue weighted by atomic mass is 79.9. The number of ether oxygens (including phenoxy) is 1. The molecular formula is C30H39BrN4O6S. The van der Waals surface area contributed by atoms with E-state index in [-0.39, 0.29) is 31.5 Å². The lowest BCUT2D eigenvalue weighted by molar-refractivity contribution is -0.143. The topological polar surface area (TPSA) is 124 Å². The Morgan fingerprint density at radius 1 is 1.14 bits per heavy atom. The fourth-order valence-electron chi connectivity index (χ4n) is 5.51. The Morgan fingerprint density at radius 3 is 2.62 bits per heavy atom. The average molecular weight is 664 g/mol. The number of hydrogen-bond donors (Lipinski definition) is 1. The van der Waals surface area contributed by atoms with Gasteiger partial charge in [0.05, 0.1) is 24.6 Å². The van der Waals surface area contributed by atoms with Crippen molar-refractivity contribution in [1.82, 2.24) is 19.3 Å². The minimum absolute atomic E-state index is 0.0206. The number of rotatable bonds is 13. The van der Waals surface area contributed by atoms with Crippen LogP contribution in [0.4, 0.5) is 0 Å². The van der Waals surface area contributed by atoms with Gasteiger partial charge in [-0.1, -0.05) is 58.3 Å². The normalized spacial score (nSPS) is 16.5. The second kappa shape index (κ2) is 14.0. The van der Waals surface area contributed by atoms with E-state index in [0.29, 0.717) is 0 Å². The predicted molar refractivity (Wildman–Crippen MR) is 165 cm³/mol. The number of nitrogens with zero attached hydrogens (tertiary/aromatic N) is 4. The maximum absolute atomic E-state index is 12.8. The van der Waals surface area contributed by atoms with Crippen molar-refractivity contribution in [3.8, 4) is 0 Å². The third kappa shape index (κ3) is 7.15. The van der Waals surface area contributed by atoms with E-state index in [1.54, 1.807) is 13.8 Å². The molecule has 4 rings (SSSR count). The molecule has 0 saturated carbocycles. The number of aryl methyl sites for hydroxylation is 3. The maximum Gasteiger partial charge on any atom is 0.388 e. The highest BCUT2D eigenvalue weighted by Gasteiger charge is 2.34. The van der Waals surface area contributed by atoms with Gasteiger partial charge >= 0.3 is 16.3 Å². The molecule has 1 unspecified atom stereocenters. The zero-order chi connectivity index (χ0) is 30.4. The minimum atomic E-state index is -4.17. The van der Waals surface area contributed by atoms with Gasteiger partial charge in [-0.05, 0) is 74.4 Å². The number of esters is 1. The van der Waals surface area contributed by atoms with Crippen LogP contribution in [0.15, 0.2) is 42.4 Å². The van der Waals surface area contributed by atoms with Crippen LogP contribution in [0.5, 0.6) is 0 Å². The van der Waals surface area contributed by atoms with E-state index < -0.39 is 22.3 Å². The summed E-state index contributed by atoms with van der Waals surface area (Å²) in [5.41, 5.74) is 6.14. The van der Waals surface area contributed by atoms with Crippen molar-refractivity contribution >= 4 is 43.2 Å². The number of alkyl halides is 1. The van der Waals surface area contributed by atoms with E-state index in [9.17, 15) is 18.3 Å². The molecule has 12 heteroatoms. The lowest BCUT2D eigenvalue weighted by atomic mass is 9.83. The standard InChI is InChI=1S/C30H39BrN4O6S/c1-5-40-29(37)19-26(24-12-13-27-30(21(24)3)32-33-34(27)16-9-7-6-8-15-31)23-11-10-20(2)25(18-23)22(4)35-17-14-28(36)41-42(35,38)39/h10-14,18,22,26,36H,5-9,15-17,19H2,1-4H3/t22-,26?/m1/s1. The number of fused-ring (bicyclic) bond motifs is 1. The molecule has 1 N–H and O–H groups in total. The quantitative estimate of drug-likeness (QED) is 0.132. The van der Waals surface area contributed by atoms with Crippen LogP contribution < -0.4 is 0 Å². The summed E-state index contributed by atoms with van der Waals surface area (Å²) in [7, 11) is -4.17. The summed E-state index contributed by atoms with van der Waals surface area (Å²) >= 11 is 3.48. The van der Waals surface area contributed by atoms with Crippen LogP contribution in [0.25, 0.3) is 11.0 Å².